The Hall–Kier alpha value is -2.84. The number of nitrogens with one attached hydrogen (secondary N) is 1. The van der Waals surface area contributed by atoms with Crippen LogP contribution in [0.4, 0.5) is 4.79 Å². The fourth-order valence-electron chi connectivity index (χ4n) is 4.33. The van der Waals surface area contributed by atoms with Crippen molar-refractivity contribution in [3.05, 3.63) is 59.7 Å². The Balaban J connectivity index is 1.43. The van der Waals surface area contributed by atoms with Gasteiger partial charge in [-0.1, -0.05) is 48.5 Å². The highest BCUT2D eigenvalue weighted by atomic mass is 16.5. The number of carboxylic acid groups (broad SMARTS) is 1. The van der Waals surface area contributed by atoms with Gasteiger partial charge in [0, 0.05) is 19.0 Å². The Bertz CT molecular complexity index is 889. The van der Waals surface area contributed by atoms with Crippen LogP contribution < -0.4 is 5.32 Å². The highest BCUT2D eigenvalue weighted by molar-refractivity contribution is 6.45. The smallest absolute Gasteiger partial charge is 0.407 e. The summed E-state index contributed by atoms with van der Waals surface area (Å²) in [5.74, 6) is -1.84. The van der Waals surface area contributed by atoms with E-state index in [4.69, 9.17) is 4.74 Å². The fraction of sp³-hybridized carbons (Fsp3) is 0.333. The number of fused-ring (bicyclic) bond motifs is 3. The van der Waals surface area contributed by atoms with E-state index in [-0.39, 0.29) is 25.6 Å². The second-order valence-electron chi connectivity index (χ2n) is 7.61. The summed E-state index contributed by atoms with van der Waals surface area (Å²) in [5, 5.41) is 21.8. The van der Waals surface area contributed by atoms with Crippen LogP contribution >= 0.6 is 0 Å². The second kappa shape index (κ2) is 7.89. The number of hydrogen-bond acceptors (Lipinski definition) is 5. The van der Waals surface area contributed by atoms with Crippen molar-refractivity contribution < 1.29 is 24.5 Å². The lowest BCUT2D eigenvalue weighted by Crippen LogP contribution is -2.44. The van der Waals surface area contributed by atoms with E-state index in [1.807, 2.05) is 36.4 Å². The van der Waals surface area contributed by atoms with Crippen molar-refractivity contribution in [1.82, 2.24) is 10.1 Å². The number of aliphatic carboxylic acids is 1. The third-order valence-electron chi connectivity index (χ3n) is 5.84. The molecule has 1 aliphatic carbocycles. The van der Waals surface area contributed by atoms with Crippen LogP contribution in [0.5, 0.6) is 0 Å². The molecule has 8 heteroatoms. The van der Waals surface area contributed by atoms with Crippen molar-refractivity contribution in [3.8, 4) is 11.1 Å². The zero-order valence-electron chi connectivity index (χ0n) is 16.1. The average molecular weight is 394 g/mol. The van der Waals surface area contributed by atoms with Gasteiger partial charge in [0.25, 0.3) is 0 Å². The average Bonchev–Trinajstić information content (AvgIpc) is 3.26. The molecule has 1 heterocycles. The molecule has 1 aliphatic heterocycles. The lowest BCUT2D eigenvalue weighted by Gasteiger charge is -2.19. The number of carbonyl (C=O) groups is 2. The Morgan fingerprint density at radius 1 is 1.10 bits per heavy atom. The number of amides is 1. The number of benzene rings is 2. The Morgan fingerprint density at radius 2 is 1.69 bits per heavy atom. The van der Waals surface area contributed by atoms with Gasteiger partial charge in [-0.3, -0.25) is 4.79 Å². The van der Waals surface area contributed by atoms with E-state index < -0.39 is 31.1 Å². The molecule has 4 rings (SSSR count). The van der Waals surface area contributed by atoms with Crippen LogP contribution in [0.2, 0.25) is 6.82 Å². The molecular formula is C21H23BN2O5. The summed E-state index contributed by atoms with van der Waals surface area (Å²) in [6.07, 6.45) is -0.643. The zero-order valence-corrected chi connectivity index (χ0v) is 16.1. The van der Waals surface area contributed by atoms with Gasteiger partial charge in [-0.25, -0.2) is 4.79 Å². The van der Waals surface area contributed by atoms with Gasteiger partial charge in [0.05, 0.1) is 12.0 Å². The van der Waals surface area contributed by atoms with E-state index in [1.165, 1.54) is 0 Å². The maximum atomic E-state index is 12.4. The summed E-state index contributed by atoms with van der Waals surface area (Å²) in [7, 11) is -0.772. The largest absolute Gasteiger partial charge is 0.481 e. The lowest BCUT2D eigenvalue weighted by atomic mass is 9.86. The molecule has 0 bridgehead atoms. The van der Waals surface area contributed by atoms with Crippen molar-refractivity contribution in [2.45, 2.75) is 18.8 Å². The Kier molecular flexibility index (Phi) is 5.30. The van der Waals surface area contributed by atoms with Gasteiger partial charge in [0.15, 0.2) is 0 Å². The van der Waals surface area contributed by atoms with E-state index in [0.29, 0.717) is 0 Å². The van der Waals surface area contributed by atoms with Gasteiger partial charge in [0.1, 0.15) is 6.61 Å². The molecule has 0 spiro atoms. The quantitative estimate of drug-likeness (QED) is 0.672. The van der Waals surface area contributed by atoms with E-state index in [9.17, 15) is 19.7 Å². The molecule has 7 nitrogen and oxygen atoms in total. The number of hydrogen-bond donors (Lipinski definition) is 3. The zero-order chi connectivity index (χ0) is 20.5. The van der Waals surface area contributed by atoms with Gasteiger partial charge >= 0.3 is 19.1 Å². The molecular weight excluding hydrogens is 371 g/mol. The first kappa shape index (κ1) is 19.5. The van der Waals surface area contributed by atoms with E-state index in [1.54, 1.807) is 11.6 Å². The first-order chi connectivity index (χ1) is 14.0. The summed E-state index contributed by atoms with van der Waals surface area (Å²) in [5.41, 5.74) is 4.52. The number of nitrogens with zero attached hydrogens (tertiary/aromatic N) is 1. The molecule has 1 amide bonds. The van der Waals surface area contributed by atoms with Crippen molar-refractivity contribution in [3.63, 3.8) is 0 Å². The second-order valence-corrected chi connectivity index (χ2v) is 7.61. The molecule has 3 N–H and O–H groups in total. The molecule has 2 aromatic carbocycles. The standard InChI is InChI=1S/C21H23BN2O5/c1-22(28)24-10-17(20(25)26)19(11-24)23-21(27)29-12-18-15-8-4-2-6-13(15)14-7-3-5-9-16(14)18/h2-9,17-19,28H,10-12H2,1H3,(H,23,27)(H,25,26)/t17-,19-/m1/s1. The molecule has 0 unspecified atom stereocenters. The van der Waals surface area contributed by atoms with Crippen LogP contribution in [0, 0.1) is 5.92 Å². The third kappa shape index (κ3) is 3.73. The van der Waals surface area contributed by atoms with Gasteiger partial charge in [-0.05, 0) is 29.1 Å². The lowest BCUT2D eigenvalue weighted by molar-refractivity contribution is -0.141. The molecule has 29 heavy (non-hydrogen) atoms. The summed E-state index contributed by atoms with van der Waals surface area (Å²) < 4.78 is 5.50. The predicted octanol–water partition coefficient (Wildman–Crippen LogP) is 2.02. The predicted molar refractivity (Wildman–Crippen MR) is 109 cm³/mol. The summed E-state index contributed by atoms with van der Waals surface area (Å²) in [4.78, 5) is 25.5. The van der Waals surface area contributed by atoms with Crippen molar-refractivity contribution in [2.24, 2.45) is 5.92 Å². The third-order valence-corrected chi connectivity index (χ3v) is 5.84. The van der Waals surface area contributed by atoms with Crippen molar-refractivity contribution >= 4 is 19.1 Å². The van der Waals surface area contributed by atoms with Crippen LogP contribution in [0.3, 0.4) is 0 Å². The molecule has 1 fully saturated rings. The fourth-order valence-corrected chi connectivity index (χ4v) is 4.33. The van der Waals surface area contributed by atoms with E-state index in [0.717, 1.165) is 22.3 Å². The highest BCUT2D eigenvalue weighted by Gasteiger charge is 2.41. The minimum Gasteiger partial charge on any atom is -0.481 e. The molecule has 2 atom stereocenters. The van der Waals surface area contributed by atoms with Gasteiger partial charge in [0.2, 0.25) is 0 Å². The molecule has 0 saturated carbocycles. The molecule has 0 radical (unpaired) electrons. The molecule has 2 aliphatic rings. The number of ether oxygens (including phenoxy) is 1. The van der Waals surface area contributed by atoms with Crippen molar-refractivity contribution in [2.75, 3.05) is 19.7 Å². The Morgan fingerprint density at radius 3 is 2.24 bits per heavy atom. The molecule has 150 valence electrons. The van der Waals surface area contributed by atoms with Gasteiger partial charge < -0.3 is 25.0 Å². The first-order valence-electron chi connectivity index (χ1n) is 9.72. The maximum absolute atomic E-state index is 12.4. The summed E-state index contributed by atoms with van der Waals surface area (Å²) in [6, 6.07) is 15.5. The molecule has 1 saturated heterocycles. The van der Waals surface area contributed by atoms with Crippen molar-refractivity contribution in [1.29, 1.82) is 0 Å². The normalized spacial score (nSPS) is 20.8. The summed E-state index contributed by atoms with van der Waals surface area (Å²) >= 11 is 0. The van der Waals surface area contributed by atoms with E-state index >= 15 is 0 Å². The Labute approximate surface area is 169 Å². The van der Waals surface area contributed by atoms with Crippen LogP contribution in [-0.2, 0) is 9.53 Å². The molecule has 0 aromatic heterocycles. The maximum Gasteiger partial charge on any atom is 0.407 e. The number of carbonyl (C=O) groups excluding carboxylic acids is 1. The minimum absolute atomic E-state index is 0.0547. The van der Waals surface area contributed by atoms with Crippen LogP contribution in [0.25, 0.3) is 11.1 Å². The monoisotopic (exact) mass is 394 g/mol. The number of rotatable bonds is 5. The van der Waals surface area contributed by atoms with Crippen LogP contribution in [0.1, 0.15) is 17.0 Å². The first-order valence-corrected chi connectivity index (χ1v) is 9.72. The molecule has 2 aromatic rings. The number of alkyl carbamates (subject to hydrolysis) is 1. The minimum atomic E-state index is -1.00. The van der Waals surface area contributed by atoms with Gasteiger partial charge in [-0.2, -0.15) is 0 Å². The summed E-state index contributed by atoms with van der Waals surface area (Å²) in [6.45, 7) is 2.19. The van der Waals surface area contributed by atoms with E-state index in [2.05, 4.69) is 17.4 Å². The van der Waals surface area contributed by atoms with Gasteiger partial charge in [-0.15, -0.1) is 0 Å². The highest BCUT2D eigenvalue weighted by Crippen LogP contribution is 2.44. The van der Waals surface area contributed by atoms with Crippen LogP contribution in [-0.4, -0.2) is 59.8 Å². The SMILES string of the molecule is CB(O)N1C[C@@H](NC(=O)OCC2c3ccccc3-c3ccccc32)[C@H](C(=O)O)C1. The topological polar surface area (TPSA) is 99.1 Å². The van der Waals surface area contributed by atoms with Crippen LogP contribution in [0.15, 0.2) is 48.5 Å². The number of carboxylic acids is 1.